The van der Waals surface area contributed by atoms with Gasteiger partial charge in [0.05, 0.1) is 23.8 Å². The Bertz CT molecular complexity index is 1330. The number of fused-ring (bicyclic) bond motifs is 2. The van der Waals surface area contributed by atoms with Crippen molar-refractivity contribution in [2.45, 2.75) is 40.0 Å². The van der Waals surface area contributed by atoms with Gasteiger partial charge in [0.2, 0.25) is 0 Å². The molecule has 0 fully saturated rings. The predicted octanol–water partition coefficient (Wildman–Crippen LogP) is 6.33. The van der Waals surface area contributed by atoms with Gasteiger partial charge in [-0.15, -0.1) is 0 Å². The van der Waals surface area contributed by atoms with E-state index in [9.17, 15) is 9.18 Å². The molecule has 0 saturated heterocycles. The lowest BCUT2D eigenvalue weighted by atomic mass is 9.90. The summed E-state index contributed by atoms with van der Waals surface area (Å²) in [6.07, 6.45) is 1.73. The van der Waals surface area contributed by atoms with Crippen molar-refractivity contribution in [3.63, 3.8) is 0 Å². The van der Waals surface area contributed by atoms with Crippen LogP contribution in [0.4, 0.5) is 4.39 Å². The molecule has 0 unspecified atom stereocenters. The molecule has 168 valence electrons. The molecule has 5 nitrogen and oxygen atoms in total. The average Bonchev–Trinajstić information content (AvgIpc) is 3.25. The number of hydrogen-bond acceptors (Lipinski definition) is 3. The Hall–Kier alpha value is -2.26. The summed E-state index contributed by atoms with van der Waals surface area (Å²) in [6, 6.07) is 10.6. The summed E-state index contributed by atoms with van der Waals surface area (Å²) in [5.74, 6) is -0.332. The zero-order chi connectivity index (χ0) is 23.4. The smallest absolute Gasteiger partial charge is 0.252 e. The van der Waals surface area contributed by atoms with E-state index in [1.807, 2.05) is 26.8 Å². The average molecular weight is 547 g/mol. The molecule has 4 aromatic rings. The Morgan fingerprint density at radius 3 is 2.34 bits per heavy atom. The number of carbonyl (C=O) groups is 1. The van der Waals surface area contributed by atoms with Crippen molar-refractivity contribution >= 4 is 50.3 Å². The maximum atomic E-state index is 13.7. The first-order chi connectivity index (χ1) is 15.0. The molecule has 0 atom stereocenters. The molecule has 4 rings (SSSR count). The van der Waals surface area contributed by atoms with Gasteiger partial charge in [-0.1, -0.05) is 34.6 Å². The Labute approximate surface area is 200 Å². The zero-order valence-corrected chi connectivity index (χ0v) is 21.3. The standard InChI is InChI=1S/C25H27FIN3O2/c1-24(2,3)23(31)30-19-12-18-20(11-15(19)13-28-30)29(17-9-7-16(26)8-10-17)22(21(18)27)25(4,5)14-32-6/h7-13H,14H2,1-6H3. The maximum absolute atomic E-state index is 13.7. The number of aromatic nitrogens is 3. The highest BCUT2D eigenvalue weighted by molar-refractivity contribution is 14.1. The van der Waals surface area contributed by atoms with Crippen LogP contribution in [-0.4, -0.2) is 34.0 Å². The lowest BCUT2D eigenvalue weighted by Gasteiger charge is -2.27. The molecule has 7 heteroatoms. The molecular formula is C25H27FIN3O2. The van der Waals surface area contributed by atoms with Crippen LogP contribution in [0.1, 0.15) is 45.1 Å². The van der Waals surface area contributed by atoms with Crippen molar-refractivity contribution in [2.24, 2.45) is 5.41 Å². The lowest BCUT2D eigenvalue weighted by Crippen LogP contribution is -2.27. The van der Waals surface area contributed by atoms with Crippen molar-refractivity contribution in [1.82, 2.24) is 14.3 Å². The van der Waals surface area contributed by atoms with Gasteiger partial charge < -0.3 is 9.30 Å². The molecule has 0 radical (unpaired) electrons. The molecule has 0 aliphatic rings. The van der Waals surface area contributed by atoms with E-state index in [1.54, 1.807) is 25.4 Å². The summed E-state index contributed by atoms with van der Waals surface area (Å²) < 4.78 is 24.0. The van der Waals surface area contributed by atoms with Crippen LogP contribution < -0.4 is 0 Å². The van der Waals surface area contributed by atoms with Gasteiger partial charge in [0.25, 0.3) is 5.91 Å². The molecule has 0 aliphatic heterocycles. The number of ether oxygens (including phenoxy) is 1. The van der Waals surface area contributed by atoms with Crippen LogP contribution >= 0.6 is 22.6 Å². The number of rotatable bonds is 4. The third-order valence-corrected chi connectivity index (χ3v) is 6.75. The van der Waals surface area contributed by atoms with Gasteiger partial charge in [-0.3, -0.25) is 4.79 Å². The van der Waals surface area contributed by atoms with E-state index in [1.165, 1.54) is 16.8 Å². The fourth-order valence-corrected chi connectivity index (χ4v) is 5.54. The molecule has 0 amide bonds. The van der Waals surface area contributed by atoms with Gasteiger partial charge in [-0.25, -0.2) is 4.39 Å². The summed E-state index contributed by atoms with van der Waals surface area (Å²) in [5.41, 5.74) is 2.86. The van der Waals surface area contributed by atoms with E-state index in [0.29, 0.717) is 6.61 Å². The first-order valence-electron chi connectivity index (χ1n) is 10.5. The molecule has 2 aromatic heterocycles. The van der Waals surface area contributed by atoms with Crippen molar-refractivity contribution in [3.8, 4) is 5.69 Å². The minimum absolute atomic E-state index is 0.0558. The Balaban J connectivity index is 2.08. The largest absolute Gasteiger partial charge is 0.384 e. The van der Waals surface area contributed by atoms with Crippen LogP contribution in [0.25, 0.3) is 27.5 Å². The van der Waals surface area contributed by atoms with Gasteiger partial charge in [0.1, 0.15) is 5.82 Å². The molecule has 2 aromatic carbocycles. The van der Waals surface area contributed by atoms with Gasteiger partial charge >= 0.3 is 0 Å². The summed E-state index contributed by atoms with van der Waals surface area (Å²) in [5, 5.41) is 6.29. The van der Waals surface area contributed by atoms with Crippen LogP contribution in [0.15, 0.2) is 42.6 Å². The number of methoxy groups -OCH3 is 1. The molecule has 0 bridgehead atoms. The van der Waals surface area contributed by atoms with Crippen molar-refractivity contribution in [1.29, 1.82) is 0 Å². The van der Waals surface area contributed by atoms with Crippen LogP contribution in [0, 0.1) is 14.8 Å². The lowest BCUT2D eigenvalue weighted by molar-refractivity contribution is 0.0755. The van der Waals surface area contributed by atoms with Gasteiger partial charge in [-0.2, -0.15) is 9.78 Å². The first-order valence-corrected chi connectivity index (χ1v) is 11.6. The summed E-state index contributed by atoms with van der Waals surface area (Å²) in [4.78, 5) is 13.0. The normalized spacial score (nSPS) is 12.8. The third kappa shape index (κ3) is 3.75. The minimum Gasteiger partial charge on any atom is -0.384 e. The first kappa shape index (κ1) is 22.9. The molecule has 32 heavy (non-hydrogen) atoms. The Kier molecular flexibility index (Phi) is 5.69. The highest BCUT2D eigenvalue weighted by Crippen LogP contribution is 2.40. The second-order valence-electron chi connectivity index (χ2n) is 9.83. The van der Waals surface area contributed by atoms with Crippen molar-refractivity contribution in [2.75, 3.05) is 13.7 Å². The van der Waals surface area contributed by atoms with Crippen LogP contribution in [0.5, 0.6) is 0 Å². The number of benzene rings is 2. The Morgan fingerprint density at radius 1 is 1.09 bits per heavy atom. The van der Waals surface area contributed by atoms with Crippen LogP contribution in [0.3, 0.4) is 0 Å². The zero-order valence-electron chi connectivity index (χ0n) is 19.2. The summed E-state index contributed by atoms with van der Waals surface area (Å²) in [7, 11) is 1.69. The van der Waals surface area contributed by atoms with Gasteiger partial charge in [-0.05, 0) is 59.0 Å². The topological polar surface area (TPSA) is 49.1 Å². The number of carbonyl (C=O) groups excluding carboxylic acids is 1. The van der Waals surface area contributed by atoms with Crippen LogP contribution in [0.2, 0.25) is 0 Å². The van der Waals surface area contributed by atoms with E-state index in [0.717, 1.165) is 36.8 Å². The van der Waals surface area contributed by atoms with E-state index >= 15 is 0 Å². The minimum atomic E-state index is -0.549. The SMILES string of the molecule is COCC(C)(C)c1c(I)c2cc3c(cnn3C(=O)C(C)(C)C)cc2n1-c1ccc(F)cc1. The quantitative estimate of drug-likeness (QED) is 0.281. The highest BCUT2D eigenvalue weighted by Gasteiger charge is 2.32. The monoisotopic (exact) mass is 547 g/mol. The molecule has 0 spiro atoms. The number of nitrogens with zero attached hydrogens (tertiary/aromatic N) is 3. The second-order valence-corrected chi connectivity index (χ2v) is 10.9. The Morgan fingerprint density at radius 2 is 1.75 bits per heavy atom. The molecule has 0 saturated carbocycles. The van der Waals surface area contributed by atoms with E-state index in [4.69, 9.17) is 4.74 Å². The second kappa shape index (κ2) is 7.95. The molecule has 0 aliphatic carbocycles. The van der Waals surface area contributed by atoms with Crippen LogP contribution in [-0.2, 0) is 10.2 Å². The third-order valence-electron chi connectivity index (χ3n) is 5.66. The van der Waals surface area contributed by atoms with Gasteiger partial charge in [0.15, 0.2) is 0 Å². The fourth-order valence-electron chi connectivity index (χ4n) is 4.14. The fraction of sp³-hybridized carbons (Fsp3) is 0.360. The molecule has 2 heterocycles. The van der Waals surface area contributed by atoms with Gasteiger partial charge in [0, 0.05) is 43.7 Å². The van der Waals surface area contributed by atoms with E-state index in [2.05, 4.69) is 52.2 Å². The number of halogens is 2. The van der Waals surface area contributed by atoms with Crippen molar-refractivity contribution in [3.05, 3.63) is 57.7 Å². The maximum Gasteiger partial charge on any atom is 0.252 e. The van der Waals surface area contributed by atoms with Crippen molar-refractivity contribution < 1.29 is 13.9 Å². The van der Waals surface area contributed by atoms with E-state index < -0.39 is 5.41 Å². The summed E-state index contributed by atoms with van der Waals surface area (Å²) in [6.45, 7) is 10.5. The molecular weight excluding hydrogens is 520 g/mol. The number of hydrogen-bond donors (Lipinski definition) is 0. The molecule has 0 N–H and O–H groups in total. The highest BCUT2D eigenvalue weighted by atomic mass is 127. The predicted molar refractivity (Wildman–Crippen MR) is 134 cm³/mol. The summed E-state index contributed by atoms with van der Waals surface area (Å²) >= 11 is 2.37. The van der Waals surface area contributed by atoms with E-state index in [-0.39, 0.29) is 17.1 Å².